The van der Waals surface area contributed by atoms with Gasteiger partial charge in [0.1, 0.15) is 0 Å². The van der Waals surface area contributed by atoms with Crippen LogP contribution in [0.15, 0.2) is 47.4 Å². The van der Waals surface area contributed by atoms with Crippen LogP contribution in [-0.2, 0) is 21.2 Å². The maximum atomic E-state index is 12.8. The second kappa shape index (κ2) is 10.8. The molecule has 31 heavy (non-hydrogen) atoms. The van der Waals surface area contributed by atoms with E-state index < -0.39 is 10.0 Å². The maximum absolute atomic E-state index is 12.8. The molecule has 1 heterocycles. The van der Waals surface area contributed by atoms with Gasteiger partial charge in [0.25, 0.3) is 0 Å². The summed E-state index contributed by atoms with van der Waals surface area (Å²) < 4.78 is 42.9. The van der Waals surface area contributed by atoms with Gasteiger partial charge < -0.3 is 24.8 Å². The molecule has 3 rings (SSSR count). The molecule has 2 aromatic rings. The van der Waals surface area contributed by atoms with Crippen molar-refractivity contribution < 1.29 is 22.6 Å². The van der Waals surface area contributed by atoms with Crippen molar-refractivity contribution in [2.45, 2.75) is 11.3 Å². The van der Waals surface area contributed by atoms with Crippen molar-refractivity contribution >= 4 is 33.0 Å². The molecule has 10 heteroatoms. The molecule has 0 spiro atoms. The second-order valence-corrected chi connectivity index (χ2v) is 9.21. The van der Waals surface area contributed by atoms with Gasteiger partial charge in [-0.15, -0.1) is 0 Å². The molecule has 8 nitrogen and oxygen atoms in total. The summed E-state index contributed by atoms with van der Waals surface area (Å²) in [5.74, 6) is 1.36. The van der Waals surface area contributed by atoms with Gasteiger partial charge in [-0.2, -0.15) is 4.31 Å². The molecule has 0 amide bonds. The largest absolute Gasteiger partial charge is 0.493 e. The molecular formula is C21H27N3O5S2. The maximum Gasteiger partial charge on any atom is 0.243 e. The van der Waals surface area contributed by atoms with Crippen molar-refractivity contribution in [2.24, 2.45) is 0 Å². The van der Waals surface area contributed by atoms with Gasteiger partial charge in [0.15, 0.2) is 16.6 Å². The summed E-state index contributed by atoms with van der Waals surface area (Å²) in [6.45, 7) is 2.13. The number of benzene rings is 2. The van der Waals surface area contributed by atoms with Gasteiger partial charge in [0.2, 0.25) is 10.0 Å². The van der Waals surface area contributed by atoms with Gasteiger partial charge in [-0.05, 0) is 54.5 Å². The molecule has 0 saturated carbocycles. The second-order valence-electron chi connectivity index (χ2n) is 6.86. The Morgan fingerprint density at radius 3 is 2.55 bits per heavy atom. The number of ether oxygens (including phenoxy) is 3. The number of nitrogens with zero attached hydrogens (tertiary/aromatic N) is 1. The summed E-state index contributed by atoms with van der Waals surface area (Å²) in [5.41, 5.74) is 1.68. The fraction of sp³-hybridized carbons (Fsp3) is 0.381. The summed E-state index contributed by atoms with van der Waals surface area (Å²) >= 11 is 5.36. The normalized spacial score (nSPS) is 14.6. The minimum atomic E-state index is -3.56. The van der Waals surface area contributed by atoms with Gasteiger partial charge in [-0.1, -0.05) is 12.1 Å². The van der Waals surface area contributed by atoms with Gasteiger partial charge in [-0.3, -0.25) is 0 Å². The Morgan fingerprint density at radius 2 is 1.84 bits per heavy atom. The van der Waals surface area contributed by atoms with Gasteiger partial charge in [0, 0.05) is 25.3 Å². The van der Waals surface area contributed by atoms with Crippen molar-refractivity contribution in [3.8, 4) is 11.5 Å². The third-order valence-electron chi connectivity index (χ3n) is 4.85. The fourth-order valence-corrected chi connectivity index (χ4v) is 4.88. The highest BCUT2D eigenvalue weighted by atomic mass is 32.2. The third-order valence-corrected chi connectivity index (χ3v) is 6.99. The summed E-state index contributed by atoms with van der Waals surface area (Å²) in [6, 6.07) is 12.4. The first-order valence-electron chi connectivity index (χ1n) is 9.88. The summed E-state index contributed by atoms with van der Waals surface area (Å²) in [6.07, 6.45) is 0.730. The van der Waals surface area contributed by atoms with Gasteiger partial charge in [-0.25, -0.2) is 8.42 Å². The average molecular weight is 466 g/mol. The van der Waals surface area contributed by atoms with E-state index in [-0.39, 0.29) is 4.90 Å². The number of hydrogen-bond donors (Lipinski definition) is 2. The topological polar surface area (TPSA) is 89.1 Å². The van der Waals surface area contributed by atoms with E-state index in [1.165, 1.54) is 4.31 Å². The monoisotopic (exact) mass is 465 g/mol. The molecule has 2 aromatic carbocycles. The molecule has 1 aliphatic heterocycles. The molecule has 1 fully saturated rings. The van der Waals surface area contributed by atoms with Crippen LogP contribution < -0.4 is 20.1 Å². The predicted octanol–water partition coefficient (Wildman–Crippen LogP) is 2.25. The highest BCUT2D eigenvalue weighted by Crippen LogP contribution is 2.27. The van der Waals surface area contributed by atoms with Crippen LogP contribution in [0.5, 0.6) is 11.5 Å². The number of sulfonamides is 1. The van der Waals surface area contributed by atoms with E-state index in [9.17, 15) is 8.42 Å². The van der Waals surface area contributed by atoms with E-state index >= 15 is 0 Å². The molecule has 1 saturated heterocycles. The summed E-state index contributed by atoms with van der Waals surface area (Å²) in [7, 11) is -0.353. The number of thiocarbonyl (C=S) groups is 1. The Bertz CT molecular complexity index is 1010. The summed E-state index contributed by atoms with van der Waals surface area (Å²) in [5, 5.41) is 6.61. The van der Waals surface area contributed by atoms with E-state index in [0.717, 1.165) is 12.0 Å². The molecule has 0 bridgehead atoms. The van der Waals surface area contributed by atoms with Crippen LogP contribution in [0.2, 0.25) is 0 Å². The van der Waals surface area contributed by atoms with Gasteiger partial charge >= 0.3 is 0 Å². The lowest BCUT2D eigenvalue weighted by Crippen LogP contribution is -2.40. The molecule has 1 aliphatic rings. The Balaban J connectivity index is 1.56. The van der Waals surface area contributed by atoms with Crippen molar-refractivity contribution in [1.29, 1.82) is 0 Å². The summed E-state index contributed by atoms with van der Waals surface area (Å²) in [4.78, 5) is 0.229. The number of hydrogen-bond acceptors (Lipinski definition) is 6. The molecule has 0 unspecified atom stereocenters. The quantitative estimate of drug-likeness (QED) is 0.574. The predicted molar refractivity (Wildman–Crippen MR) is 123 cm³/mol. The molecular weight excluding hydrogens is 438 g/mol. The van der Waals surface area contributed by atoms with Crippen LogP contribution in [0.25, 0.3) is 0 Å². The number of anilines is 1. The number of nitrogens with one attached hydrogen (secondary N) is 2. The lowest BCUT2D eigenvalue weighted by molar-refractivity contribution is 0.0730. The highest BCUT2D eigenvalue weighted by molar-refractivity contribution is 7.89. The fourth-order valence-electron chi connectivity index (χ4n) is 3.20. The van der Waals surface area contributed by atoms with E-state index in [1.54, 1.807) is 38.5 Å². The Hall–Kier alpha value is -2.40. The van der Waals surface area contributed by atoms with Gasteiger partial charge in [0.05, 0.1) is 32.3 Å². The van der Waals surface area contributed by atoms with E-state index in [4.69, 9.17) is 26.4 Å². The molecule has 168 valence electrons. The molecule has 0 radical (unpaired) electrons. The number of methoxy groups -OCH3 is 2. The first-order chi connectivity index (χ1) is 14.9. The first kappa shape index (κ1) is 23.3. The molecule has 0 atom stereocenters. The number of morpholine rings is 1. The Labute approximate surface area is 188 Å². The van der Waals surface area contributed by atoms with Crippen molar-refractivity contribution in [1.82, 2.24) is 9.62 Å². The zero-order valence-corrected chi connectivity index (χ0v) is 19.2. The van der Waals surface area contributed by atoms with Crippen LogP contribution >= 0.6 is 12.2 Å². The highest BCUT2D eigenvalue weighted by Gasteiger charge is 2.26. The third kappa shape index (κ3) is 6.07. The van der Waals surface area contributed by atoms with E-state index in [1.807, 2.05) is 18.2 Å². The molecule has 0 aromatic heterocycles. The van der Waals surface area contributed by atoms with Crippen molar-refractivity contribution in [3.05, 3.63) is 48.0 Å². The van der Waals surface area contributed by atoms with Crippen LogP contribution in [-0.4, -0.2) is 64.9 Å². The zero-order chi connectivity index (χ0) is 22.3. The smallest absolute Gasteiger partial charge is 0.243 e. The van der Waals surface area contributed by atoms with Crippen LogP contribution in [0, 0.1) is 0 Å². The number of rotatable bonds is 8. The average Bonchev–Trinajstić information content (AvgIpc) is 2.79. The van der Waals surface area contributed by atoms with E-state index in [0.29, 0.717) is 55.1 Å². The first-order valence-corrected chi connectivity index (χ1v) is 11.7. The Kier molecular flexibility index (Phi) is 8.08. The van der Waals surface area contributed by atoms with E-state index in [2.05, 4.69) is 10.6 Å². The lowest BCUT2D eigenvalue weighted by Gasteiger charge is -2.26. The zero-order valence-electron chi connectivity index (χ0n) is 17.6. The lowest BCUT2D eigenvalue weighted by atomic mass is 10.1. The van der Waals surface area contributed by atoms with Crippen molar-refractivity contribution in [2.75, 3.05) is 52.4 Å². The van der Waals surface area contributed by atoms with Crippen LogP contribution in [0.3, 0.4) is 0 Å². The standard InChI is InChI=1S/C21H27N3O5S2/c1-27-19-7-6-16(14-20(19)28-2)8-9-22-21(30)23-17-4-3-5-18(15-17)31(25,26)24-10-12-29-13-11-24/h3-7,14-15H,8-13H2,1-2H3,(H2,22,23,30). The minimum Gasteiger partial charge on any atom is -0.493 e. The molecule has 2 N–H and O–H groups in total. The SMILES string of the molecule is COc1ccc(CCNC(=S)Nc2cccc(S(=O)(=O)N3CCOCC3)c2)cc1OC. The molecule has 0 aliphatic carbocycles. The van der Waals surface area contributed by atoms with Crippen LogP contribution in [0.1, 0.15) is 5.56 Å². The van der Waals surface area contributed by atoms with Crippen LogP contribution in [0.4, 0.5) is 5.69 Å². The minimum absolute atomic E-state index is 0.229. The Morgan fingerprint density at radius 1 is 1.10 bits per heavy atom. The van der Waals surface area contributed by atoms with Crippen molar-refractivity contribution in [3.63, 3.8) is 0 Å².